The van der Waals surface area contributed by atoms with Gasteiger partial charge in [0.2, 0.25) is 0 Å². The summed E-state index contributed by atoms with van der Waals surface area (Å²) in [5.41, 5.74) is 1.31. The number of piperidine rings is 2. The van der Waals surface area contributed by atoms with Gasteiger partial charge in [0.05, 0.1) is 6.20 Å². The molecule has 3 heterocycles. The summed E-state index contributed by atoms with van der Waals surface area (Å²) in [6.45, 7) is 8.67. The van der Waals surface area contributed by atoms with Gasteiger partial charge in [-0.15, -0.1) is 0 Å². The van der Waals surface area contributed by atoms with E-state index in [0.29, 0.717) is 0 Å². The quantitative estimate of drug-likeness (QED) is 0.849. The van der Waals surface area contributed by atoms with E-state index in [1.54, 1.807) is 10.9 Å². The summed E-state index contributed by atoms with van der Waals surface area (Å²) in [6.07, 6.45) is 12.9. The van der Waals surface area contributed by atoms with E-state index in [9.17, 15) is 0 Å². The van der Waals surface area contributed by atoms with Crippen LogP contribution in [-0.4, -0.2) is 51.3 Å². The van der Waals surface area contributed by atoms with Gasteiger partial charge in [0.1, 0.15) is 0 Å². The summed E-state index contributed by atoms with van der Waals surface area (Å²) in [5, 5.41) is 4.29. The summed E-state index contributed by atoms with van der Waals surface area (Å²) in [6, 6.07) is 1.81. The molecule has 0 amide bonds. The van der Waals surface area contributed by atoms with Crippen LogP contribution in [-0.2, 0) is 6.54 Å². The first-order chi connectivity index (χ1) is 10.3. The lowest BCUT2D eigenvalue weighted by atomic mass is 9.83. The predicted molar refractivity (Wildman–Crippen MR) is 84.7 cm³/mol. The first-order valence-electron chi connectivity index (χ1n) is 8.47. The van der Waals surface area contributed by atoms with Crippen molar-refractivity contribution in [1.29, 1.82) is 0 Å². The second kappa shape index (κ2) is 5.58. The van der Waals surface area contributed by atoms with Crippen molar-refractivity contribution in [1.82, 2.24) is 19.6 Å². The Balaban J connectivity index is 1.38. The third-order valence-electron chi connectivity index (χ3n) is 5.46. The zero-order valence-corrected chi connectivity index (χ0v) is 12.8. The van der Waals surface area contributed by atoms with Gasteiger partial charge >= 0.3 is 0 Å². The first-order valence-corrected chi connectivity index (χ1v) is 8.47. The molecule has 21 heavy (non-hydrogen) atoms. The van der Waals surface area contributed by atoms with Crippen LogP contribution in [0.3, 0.4) is 0 Å². The molecule has 0 N–H and O–H groups in total. The van der Waals surface area contributed by atoms with E-state index in [0.717, 1.165) is 24.5 Å². The number of aromatic nitrogens is 2. The molecule has 0 aromatic carbocycles. The molecule has 1 aromatic heterocycles. The van der Waals surface area contributed by atoms with E-state index >= 15 is 0 Å². The van der Waals surface area contributed by atoms with Crippen LogP contribution in [0.1, 0.15) is 37.7 Å². The lowest BCUT2D eigenvalue weighted by molar-refractivity contribution is 0.0154. The highest BCUT2D eigenvalue weighted by atomic mass is 15.3. The monoisotopic (exact) mass is 286 g/mol. The number of hydrogen-bond donors (Lipinski definition) is 0. The molecule has 2 aliphatic heterocycles. The highest BCUT2D eigenvalue weighted by molar-refractivity contribution is 5.17. The fourth-order valence-corrected chi connectivity index (χ4v) is 4.34. The minimum Gasteiger partial charge on any atom is -0.299 e. The Hall–Kier alpha value is -1.13. The largest absolute Gasteiger partial charge is 0.299 e. The minimum atomic E-state index is 0.874. The Bertz CT molecular complexity index is 505. The standard InChI is InChI=1S/C17H26N4/c1-2-20-12-14(10-18-20)11-19-9-7-17-15(13-19)4-3-8-21(17)16-5-6-16/h2,10,12,15-17H,1,3-9,11,13H2/t15-,17+/m1/s1. The van der Waals surface area contributed by atoms with E-state index in [2.05, 4.69) is 27.7 Å². The molecule has 4 rings (SSSR count). The van der Waals surface area contributed by atoms with Crippen LogP contribution in [0.2, 0.25) is 0 Å². The van der Waals surface area contributed by atoms with Gasteiger partial charge in [-0.1, -0.05) is 6.58 Å². The van der Waals surface area contributed by atoms with E-state index in [1.165, 1.54) is 57.3 Å². The van der Waals surface area contributed by atoms with E-state index in [4.69, 9.17) is 0 Å². The Kier molecular flexibility index (Phi) is 3.59. The van der Waals surface area contributed by atoms with Crippen LogP contribution in [0.5, 0.6) is 0 Å². The average Bonchev–Trinajstić information content (AvgIpc) is 3.26. The SMILES string of the molecule is C=Cn1cc(CN2CC[C@H]3[C@H](CCCN3C3CC3)C2)cn1. The van der Waals surface area contributed by atoms with Crippen LogP contribution < -0.4 is 0 Å². The van der Waals surface area contributed by atoms with E-state index in [1.807, 2.05) is 6.20 Å². The lowest BCUT2D eigenvalue weighted by Crippen LogP contribution is -2.54. The maximum absolute atomic E-state index is 4.29. The molecule has 2 saturated heterocycles. The summed E-state index contributed by atoms with van der Waals surface area (Å²) in [4.78, 5) is 5.48. The van der Waals surface area contributed by atoms with Gasteiger partial charge in [0.15, 0.2) is 0 Å². The fourth-order valence-electron chi connectivity index (χ4n) is 4.34. The van der Waals surface area contributed by atoms with Crippen molar-refractivity contribution in [3.05, 3.63) is 24.5 Å². The molecule has 0 spiro atoms. The Morgan fingerprint density at radius 3 is 2.90 bits per heavy atom. The highest BCUT2D eigenvalue weighted by Crippen LogP contribution is 2.38. The molecule has 1 aromatic rings. The minimum absolute atomic E-state index is 0.874. The normalized spacial score (nSPS) is 31.0. The lowest BCUT2D eigenvalue weighted by Gasteiger charge is -2.47. The smallest absolute Gasteiger partial charge is 0.0539 e. The Morgan fingerprint density at radius 1 is 1.24 bits per heavy atom. The van der Waals surface area contributed by atoms with Gasteiger partial charge in [0, 0.05) is 43.1 Å². The van der Waals surface area contributed by atoms with Gasteiger partial charge in [-0.2, -0.15) is 5.10 Å². The van der Waals surface area contributed by atoms with Crippen LogP contribution in [0, 0.1) is 5.92 Å². The third-order valence-corrected chi connectivity index (χ3v) is 5.46. The van der Waals surface area contributed by atoms with Crippen LogP contribution in [0.25, 0.3) is 6.20 Å². The molecule has 3 fully saturated rings. The molecule has 1 saturated carbocycles. The fraction of sp³-hybridized carbons (Fsp3) is 0.706. The van der Waals surface area contributed by atoms with E-state index < -0.39 is 0 Å². The van der Waals surface area contributed by atoms with Gasteiger partial charge in [0.25, 0.3) is 0 Å². The predicted octanol–water partition coefficient (Wildman–Crippen LogP) is 2.43. The van der Waals surface area contributed by atoms with Crippen molar-refractivity contribution in [2.75, 3.05) is 19.6 Å². The third kappa shape index (κ3) is 2.79. The average molecular weight is 286 g/mol. The first kappa shape index (κ1) is 13.5. The zero-order valence-electron chi connectivity index (χ0n) is 12.8. The molecule has 0 unspecified atom stereocenters. The second-order valence-corrected chi connectivity index (χ2v) is 6.97. The highest BCUT2D eigenvalue weighted by Gasteiger charge is 2.41. The number of rotatable bonds is 4. The second-order valence-electron chi connectivity index (χ2n) is 6.97. The summed E-state index contributed by atoms with van der Waals surface area (Å²) < 4.78 is 1.80. The van der Waals surface area contributed by atoms with Crippen LogP contribution in [0.4, 0.5) is 0 Å². The summed E-state index contributed by atoms with van der Waals surface area (Å²) in [7, 11) is 0. The topological polar surface area (TPSA) is 24.3 Å². The molecule has 4 nitrogen and oxygen atoms in total. The van der Waals surface area contributed by atoms with Crippen molar-refractivity contribution < 1.29 is 0 Å². The molecular weight excluding hydrogens is 260 g/mol. The molecule has 1 aliphatic carbocycles. The molecule has 114 valence electrons. The number of fused-ring (bicyclic) bond motifs is 1. The van der Waals surface area contributed by atoms with Gasteiger partial charge in [-0.05, 0) is 51.1 Å². The Labute approximate surface area is 127 Å². The van der Waals surface area contributed by atoms with Crippen molar-refractivity contribution in [2.24, 2.45) is 5.92 Å². The van der Waals surface area contributed by atoms with Crippen molar-refractivity contribution in [3.63, 3.8) is 0 Å². The molecule has 4 heteroatoms. The molecule has 2 atom stereocenters. The van der Waals surface area contributed by atoms with Crippen molar-refractivity contribution in [2.45, 2.75) is 50.7 Å². The summed E-state index contributed by atoms with van der Waals surface area (Å²) in [5.74, 6) is 0.891. The van der Waals surface area contributed by atoms with Crippen molar-refractivity contribution in [3.8, 4) is 0 Å². The van der Waals surface area contributed by atoms with Crippen LogP contribution in [0.15, 0.2) is 19.0 Å². The molecule has 0 radical (unpaired) electrons. The number of hydrogen-bond acceptors (Lipinski definition) is 3. The molecule has 0 bridgehead atoms. The number of nitrogens with zero attached hydrogens (tertiary/aromatic N) is 4. The van der Waals surface area contributed by atoms with Crippen molar-refractivity contribution >= 4 is 6.20 Å². The maximum atomic E-state index is 4.29. The summed E-state index contributed by atoms with van der Waals surface area (Å²) >= 11 is 0. The van der Waals surface area contributed by atoms with E-state index in [-0.39, 0.29) is 0 Å². The molecule has 3 aliphatic rings. The molecular formula is C17H26N4. The zero-order chi connectivity index (χ0) is 14.2. The van der Waals surface area contributed by atoms with Gasteiger partial charge in [-0.25, -0.2) is 4.68 Å². The number of likely N-dealkylation sites (tertiary alicyclic amines) is 2. The Morgan fingerprint density at radius 2 is 2.14 bits per heavy atom. The van der Waals surface area contributed by atoms with Crippen LogP contribution >= 0.6 is 0 Å². The van der Waals surface area contributed by atoms with Gasteiger partial charge in [-0.3, -0.25) is 9.80 Å². The van der Waals surface area contributed by atoms with Gasteiger partial charge < -0.3 is 0 Å². The maximum Gasteiger partial charge on any atom is 0.0539 e.